The van der Waals surface area contributed by atoms with Crippen LogP contribution >= 0.6 is 0 Å². The highest BCUT2D eigenvalue weighted by atomic mass is 14.9. The molecule has 4 aliphatic carbocycles. The fraction of sp³-hybridized carbons (Fsp3) is 1.00. The topological polar surface area (TPSA) is 0 Å². The highest BCUT2D eigenvalue weighted by molar-refractivity contribution is 5.36. The van der Waals surface area contributed by atoms with Gasteiger partial charge in [-0.25, -0.2) is 0 Å². The van der Waals surface area contributed by atoms with Crippen molar-refractivity contribution < 1.29 is 0 Å². The van der Waals surface area contributed by atoms with Gasteiger partial charge < -0.3 is 0 Å². The Kier molecular flexibility index (Phi) is 0.479. The van der Waals surface area contributed by atoms with E-state index < -0.39 is 0 Å². The van der Waals surface area contributed by atoms with Crippen LogP contribution in [0.2, 0.25) is 0 Å². The summed E-state index contributed by atoms with van der Waals surface area (Å²) in [4.78, 5) is 0. The molecule has 0 N–H and O–H groups in total. The van der Waals surface area contributed by atoms with E-state index in [1.165, 1.54) is 11.8 Å². The first-order valence-electron chi connectivity index (χ1n) is 4.89. The zero-order valence-corrected chi connectivity index (χ0v) is 6.40. The largest absolute Gasteiger partial charge is 0.0499 e. The van der Waals surface area contributed by atoms with Crippen molar-refractivity contribution in [3.8, 4) is 0 Å². The lowest BCUT2D eigenvalue weighted by atomic mass is 10.2. The fourth-order valence-electron chi connectivity index (χ4n) is 4.00. The van der Waals surface area contributed by atoms with Crippen LogP contribution in [0.4, 0.5) is 0 Å². The predicted molar refractivity (Wildman–Crippen MR) is 39.5 cm³/mol. The average molecular weight is 134 g/mol. The molecule has 0 aromatic heterocycles. The predicted octanol–water partition coefficient (Wildman–Crippen LogP) is 2.59. The van der Waals surface area contributed by atoms with Crippen molar-refractivity contribution >= 4 is 0 Å². The molecule has 2 spiro atoms. The van der Waals surface area contributed by atoms with Crippen LogP contribution in [0.5, 0.6) is 0 Å². The maximum atomic E-state index is 1.62. The summed E-state index contributed by atoms with van der Waals surface area (Å²) in [6.07, 6.45) is 9.66. The Morgan fingerprint density at radius 1 is 0.800 bits per heavy atom. The molecule has 0 aromatic carbocycles. The van der Waals surface area contributed by atoms with Crippen molar-refractivity contribution in [1.82, 2.24) is 0 Å². The zero-order valence-electron chi connectivity index (χ0n) is 6.40. The second kappa shape index (κ2) is 1.00. The normalized spacial score (nSPS) is 44.4. The summed E-state index contributed by atoms with van der Waals surface area (Å²) in [5, 5.41) is 0. The molecule has 0 amide bonds. The van der Waals surface area contributed by atoms with Crippen molar-refractivity contribution in [2.24, 2.45) is 22.7 Å². The van der Waals surface area contributed by atoms with Gasteiger partial charge in [0.25, 0.3) is 0 Å². The third-order valence-electron chi connectivity index (χ3n) is 4.77. The van der Waals surface area contributed by atoms with Gasteiger partial charge in [0, 0.05) is 0 Å². The van der Waals surface area contributed by atoms with Crippen LogP contribution in [0.25, 0.3) is 0 Å². The van der Waals surface area contributed by atoms with E-state index in [0.29, 0.717) is 0 Å². The molecule has 4 fully saturated rings. The lowest BCUT2D eigenvalue weighted by Gasteiger charge is -1.86. The van der Waals surface area contributed by atoms with E-state index in [2.05, 4.69) is 0 Å². The number of hydrogen-bond donors (Lipinski definition) is 0. The number of hydrogen-bond acceptors (Lipinski definition) is 0. The van der Waals surface area contributed by atoms with Crippen LogP contribution in [0.15, 0.2) is 0 Å². The first-order valence-corrected chi connectivity index (χ1v) is 4.89. The summed E-state index contributed by atoms with van der Waals surface area (Å²) in [6.45, 7) is 0. The second-order valence-electron chi connectivity index (χ2n) is 5.13. The Bertz CT molecular complexity index is 186. The van der Waals surface area contributed by atoms with E-state index in [-0.39, 0.29) is 0 Å². The molecule has 0 bridgehead atoms. The Balaban J connectivity index is 1.75. The van der Waals surface area contributed by atoms with Crippen LogP contribution in [-0.4, -0.2) is 0 Å². The summed E-state index contributed by atoms with van der Waals surface area (Å²) in [5.74, 6) is 2.49. The Hall–Kier alpha value is 0. The fourth-order valence-corrected chi connectivity index (χ4v) is 4.00. The molecule has 0 saturated heterocycles. The molecule has 4 aliphatic rings. The molecule has 0 heterocycles. The van der Waals surface area contributed by atoms with Crippen LogP contribution in [0.3, 0.4) is 0 Å². The van der Waals surface area contributed by atoms with Gasteiger partial charge in [0.2, 0.25) is 0 Å². The van der Waals surface area contributed by atoms with E-state index in [1.807, 2.05) is 0 Å². The molecular formula is C10H14. The lowest BCUT2D eigenvalue weighted by Crippen LogP contribution is -1.81. The summed E-state index contributed by atoms with van der Waals surface area (Å²) in [6, 6.07) is 0. The molecular weight excluding hydrogens is 120 g/mol. The van der Waals surface area contributed by atoms with Gasteiger partial charge in [-0.05, 0) is 61.2 Å². The molecule has 4 saturated carbocycles. The van der Waals surface area contributed by atoms with Gasteiger partial charge in [0.1, 0.15) is 0 Å². The zero-order chi connectivity index (χ0) is 6.40. The van der Waals surface area contributed by atoms with Crippen molar-refractivity contribution in [3.05, 3.63) is 0 Å². The maximum absolute atomic E-state index is 1.62. The highest BCUT2D eigenvalue weighted by Gasteiger charge is 2.87. The highest BCUT2D eigenvalue weighted by Crippen LogP contribution is 2.95. The maximum Gasteiger partial charge on any atom is -0.0201 e. The molecule has 54 valence electrons. The monoisotopic (exact) mass is 134 g/mol. The van der Waals surface area contributed by atoms with Crippen molar-refractivity contribution in [2.45, 2.75) is 38.5 Å². The van der Waals surface area contributed by atoms with Crippen LogP contribution < -0.4 is 0 Å². The third-order valence-corrected chi connectivity index (χ3v) is 4.77. The second-order valence-corrected chi connectivity index (χ2v) is 5.13. The van der Waals surface area contributed by atoms with Crippen LogP contribution in [0, 0.1) is 22.7 Å². The van der Waals surface area contributed by atoms with E-state index in [1.54, 1.807) is 38.5 Å². The molecule has 0 aromatic rings. The number of rotatable bonds is 1. The van der Waals surface area contributed by atoms with Gasteiger partial charge in [0.05, 0.1) is 0 Å². The first-order chi connectivity index (χ1) is 4.89. The van der Waals surface area contributed by atoms with Gasteiger partial charge in [-0.1, -0.05) is 0 Å². The Labute approximate surface area is 62.0 Å². The van der Waals surface area contributed by atoms with Crippen LogP contribution in [0.1, 0.15) is 38.5 Å². The molecule has 0 heteroatoms. The van der Waals surface area contributed by atoms with E-state index in [0.717, 1.165) is 10.8 Å². The smallest absolute Gasteiger partial charge is 0.0201 e. The molecule has 0 aliphatic heterocycles. The molecule has 0 unspecified atom stereocenters. The minimum atomic E-state index is 1.01. The van der Waals surface area contributed by atoms with Gasteiger partial charge in [-0.2, -0.15) is 0 Å². The minimum Gasteiger partial charge on any atom is -0.0499 e. The van der Waals surface area contributed by atoms with Crippen molar-refractivity contribution in [2.75, 3.05) is 0 Å². The van der Waals surface area contributed by atoms with E-state index in [9.17, 15) is 0 Å². The van der Waals surface area contributed by atoms with E-state index in [4.69, 9.17) is 0 Å². The average Bonchev–Trinajstić information content (AvgIpc) is 2.79. The summed E-state index contributed by atoms with van der Waals surface area (Å²) in [5.41, 5.74) is 2.02. The molecule has 0 nitrogen and oxygen atoms in total. The third kappa shape index (κ3) is 0.302. The van der Waals surface area contributed by atoms with Gasteiger partial charge in [-0.15, -0.1) is 0 Å². The van der Waals surface area contributed by atoms with Gasteiger partial charge >= 0.3 is 0 Å². The summed E-state index contributed by atoms with van der Waals surface area (Å²) < 4.78 is 0. The SMILES string of the molecule is C1CC1C1C2(CC2)C12CC2. The molecule has 4 rings (SSSR count). The van der Waals surface area contributed by atoms with Gasteiger partial charge in [-0.3, -0.25) is 0 Å². The van der Waals surface area contributed by atoms with Crippen molar-refractivity contribution in [1.29, 1.82) is 0 Å². The van der Waals surface area contributed by atoms with Gasteiger partial charge in [0.15, 0.2) is 0 Å². The quantitative estimate of drug-likeness (QED) is 0.517. The summed E-state index contributed by atoms with van der Waals surface area (Å²) in [7, 11) is 0. The lowest BCUT2D eigenvalue weighted by molar-refractivity contribution is 0.611. The molecule has 0 radical (unpaired) electrons. The van der Waals surface area contributed by atoms with Crippen LogP contribution in [-0.2, 0) is 0 Å². The van der Waals surface area contributed by atoms with Crippen molar-refractivity contribution in [3.63, 3.8) is 0 Å². The van der Waals surface area contributed by atoms with E-state index >= 15 is 0 Å². The molecule has 10 heavy (non-hydrogen) atoms. The number of fused-ring (bicyclic) bond motifs is 1. The summed E-state index contributed by atoms with van der Waals surface area (Å²) >= 11 is 0. The molecule has 0 atom stereocenters. The minimum absolute atomic E-state index is 1.01. The Morgan fingerprint density at radius 2 is 1.30 bits per heavy atom. The standard InChI is InChI=1S/C10H14/c1-2-7(1)8-9(3-4-9)10(8)5-6-10/h7-8H,1-6H2. The first kappa shape index (κ1) is 4.79. The Morgan fingerprint density at radius 3 is 1.60 bits per heavy atom.